The largest absolute Gasteiger partial charge is 0.867 e. The van der Waals surface area contributed by atoms with Gasteiger partial charge in [0.2, 0.25) is 5.83 Å². The van der Waals surface area contributed by atoms with E-state index in [4.69, 9.17) is 0 Å². The van der Waals surface area contributed by atoms with Crippen molar-refractivity contribution < 1.29 is 35.8 Å². The van der Waals surface area contributed by atoms with Crippen LogP contribution in [-0.2, 0) is 0 Å². The molecule has 0 aromatic heterocycles. The smallest absolute Gasteiger partial charge is 0.442 e. The van der Waals surface area contributed by atoms with Crippen molar-refractivity contribution in [3.63, 3.8) is 0 Å². The molecular formula is C4F7O-. The number of rotatable bonds is 0. The standard InChI is InChI=1S/C4HF7O/c5-1(3(6,7)8)2(12)4(9,10)11/h12H/p-1/b2-1+. The first-order chi connectivity index (χ1) is 5.07. The summed E-state index contributed by atoms with van der Waals surface area (Å²) in [5.41, 5.74) is 0. The third-order valence-corrected chi connectivity index (χ3v) is 0.706. The van der Waals surface area contributed by atoms with Gasteiger partial charge in [0.15, 0.2) is 0 Å². The molecule has 0 fully saturated rings. The topological polar surface area (TPSA) is 23.1 Å². The maximum atomic E-state index is 11.5. The van der Waals surface area contributed by atoms with Crippen molar-refractivity contribution in [2.24, 2.45) is 0 Å². The second-order valence-electron chi connectivity index (χ2n) is 1.64. The van der Waals surface area contributed by atoms with Gasteiger partial charge in [0.1, 0.15) is 0 Å². The van der Waals surface area contributed by atoms with E-state index >= 15 is 0 Å². The maximum Gasteiger partial charge on any atom is 0.442 e. The van der Waals surface area contributed by atoms with Crippen molar-refractivity contribution in [3.8, 4) is 0 Å². The molecule has 0 N–H and O–H groups in total. The van der Waals surface area contributed by atoms with Crippen molar-refractivity contribution in [1.29, 1.82) is 0 Å². The summed E-state index contributed by atoms with van der Waals surface area (Å²) in [5, 5.41) is 9.55. The highest BCUT2D eigenvalue weighted by molar-refractivity contribution is 5.08. The van der Waals surface area contributed by atoms with Crippen LogP contribution in [0.5, 0.6) is 0 Å². The number of hydrogen-bond donors (Lipinski definition) is 0. The van der Waals surface area contributed by atoms with Crippen LogP contribution in [0.15, 0.2) is 11.6 Å². The summed E-state index contributed by atoms with van der Waals surface area (Å²) >= 11 is 0. The summed E-state index contributed by atoms with van der Waals surface area (Å²) in [6.07, 6.45) is -11.7. The molecule has 0 saturated heterocycles. The lowest BCUT2D eigenvalue weighted by atomic mass is 10.4. The van der Waals surface area contributed by atoms with Crippen LogP contribution < -0.4 is 5.11 Å². The normalized spacial score (nSPS) is 15.9. The van der Waals surface area contributed by atoms with E-state index in [0.717, 1.165) is 0 Å². The van der Waals surface area contributed by atoms with Gasteiger partial charge in [-0.3, -0.25) is 0 Å². The highest BCUT2D eigenvalue weighted by atomic mass is 19.4. The molecule has 0 saturated carbocycles. The molecular weight excluding hydrogens is 197 g/mol. The van der Waals surface area contributed by atoms with Gasteiger partial charge >= 0.3 is 12.4 Å². The van der Waals surface area contributed by atoms with Crippen LogP contribution in [0.3, 0.4) is 0 Å². The fraction of sp³-hybridized carbons (Fsp3) is 0.500. The molecule has 0 amide bonds. The predicted molar refractivity (Wildman–Crippen MR) is 20.2 cm³/mol. The van der Waals surface area contributed by atoms with Gasteiger partial charge in [-0.15, -0.1) is 0 Å². The second kappa shape index (κ2) is 2.83. The summed E-state index contributed by atoms with van der Waals surface area (Å²) in [7, 11) is 0. The van der Waals surface area contributed by atoms with Crippen LogP contribution in [0.25, 0.3) is 0 Å². The fourth-order valence-electron chi connectivity index (χ4n) is 0.253. The quantitative estimate of drug-likeness (QED) is 0.427. The predicted octanol–water partition coefficient (Wildman–Crippen LogP) is 1.65. The van der Waals surface area contributed by atoms with Crippen LogP contribution in [0.2, 0.25) is 0 Å². The number of hydrogen-bond acceptors (Lipinski definition) is 1. The maximum absolute atomic E-state index is 11.5. The van der Waals surface area contributed by atoms with Crippen molar-refractivity contribution in [2.45, 2.75) is 12.4 Å². The van der Waals surface area contributed by atoms with Gasteiger partial charge in [-0.05, 0) is 0 Å². The molecule has 12 heavy (non-hydrogen) atoms. The first kappa shape index (κ1) is 11.0. The Kier molecular flexibility index (Phi) is 2.61. The Morgan fingerprint density at radius 3 is 1.25 bits per heavy atom. The Morgan fingerprint density at radius 1 is 0.833 bits per heavy atom. The Bertz CT molecular complexity index is 174. The Labute approximate surface area is 61.1 Å². The van der Waals surface area contributed by atoms with Crippen LogP contribution in [0.1, 0.15) is 0 Å². The highest BCUT2D eigenvalue weighted by Crippen LogP contribution is 2.33. The average Bonchev–Trinajstić information content (AvgIpc) is 1.80. The second-order valence-corrected chi connectivity index (χ2v) is 1.64. The Balaban J connectivity index is 4.96. The molecule has 0 spiro atoms. The zero-order valence-corrected chi connectivity index (χ0v) is 5.05. The van der Waals surface area contributed by atoms with Crippen molar-refractivity contribution in [2.75, 3.05) is 0 Å². The lowest BCUT2D eigenvalue weighted by molar-refractivity contribution is -0.367. The van der Waals surface area contributed by atoms with Crippen molar-refractivity contribution in [3.05, 3.63) is 11.6 Å². The summed E-state index contributed by atoms with van der Waals surface area (Å²) in [6, 6.07) is 0. The molecule has 0 unspecified atom stereocenters. The lowest BCUT2D eigenvalue weighted by Crippen LogP contribution is -2.28. The van der Waals surface area contributed by atoms with Crippen LogP contribution in [0.4, 0.5) is 30.7 Å². The van der Waals surface area contributed by atoms with Crippen LogP contribution in [-0.4, -0.2) is 12.4 Å². The van der Waals surface area contributed by atoms with E-state index < -0.39 is 23.9 Å². The molecule has 0 aromatic rings. The van der Waals surface area contributed by atoms with Gasteiger partial charge in [-0.1, -0.05) is 0 Å². The third kappa shape index (κ3) is 2.59. The molecule has 0 aromatic carbocycles. The van der Waals surface area contributed by atoms with Crippen LogP contribution >= 0.6 is 0 Å². The molecule has 8 heteroatoms. The van der Waals surface area contributed by atoms with E-state index in [2.05, 4.69) is 0 Å². The first-order valence-corrected chi connectivity index (χ1v) is 2.28. The summed E-state index contributed by atoms with van der Waals surface area (Å²) in [4.78, 5) is 0. The molecule has 0 radical (unpaired) electrons. The minimum atomic E-state index is -5.88. The van der Waals surface area contributed by atoms with Gasteiger partial charge in [-0.25, -0.2) is 4.39 Å². The Morgan fingerprint density at radius 2 is 1.17 bits per heavy atom. The Hall–Kier alpha value is -0.950. The summed E-state index contributed by atoms with van der Waals surface area (Å²) in [6.45, 7) is 0. The average molecular weight is 197 g/mol. The third-order valence-electron chi connectivity index (χ3n) is 0.706. The van der Waals surface area contributed by atoms with Crippen LogP contribution in [0, 0.1) is 0 Å². The minimum absolute atomic E-state index is 3.52. The van der Waals surface area contributed by atoms with E-state index in [1.54, 1.807) is 0 Å². The van der Waals surface area contributed by atoms with Gasteiger partial charge in [0.05, 0.1) is 0 Å². The zero-order valence-electron chi connectivity index (χ0n) is 5.05. The van der Waals surface area contributed by atoms with Crippen molar-refractivity contribution >= 4 is 0 Å². The molecule has 0 bridgehead atoms. The van der Waals surface area contributed by atoms with Gasteiger partial charge in [0.25, 0.3) is 0 Å². The molecule has 0 atom stereocenters. The summed E-state index contributed by atoms with van der Waals surface area (Å²) in [5.74, 6) is -7.18. The molecule has 72 valence electrons. The van der Waals surface area contributed by atoms with E-state index in [9.17, 15) is 35.8 Å². The fourth-order valence-corrected chi connectivity index (χ4v) is 0.253. The highest BCUT2D eigenvalue weighted by Gasteiger charge is 2.41. The SMILES string of the molecule is [O-]/C(=C(/F)C(F)(F)F)C(F)(F)F. The molecule has 0 rings (SSSR count). The minimum Gasteiger partial charge on any atom is -0.867 e. The zero-order chi connectivity index (χ0) is 10.2. The molecule has 0 heterocycles. The monoisotopic (exact) mass is 197 g/mol. The van der Waals surface area contributed by atoms with E-state index in [0.29, 0.717) is 0 Å². The van der Waals surface area contributed by atoms with Gasteiger partial charge in [0, 0.05) is 5.76 Å². The molecule has 0 aliphatic rings. The number of allylic oxidation sites excluding steroid dienone is 2. The van der Waals surface area contributed by atoms with E-state index in [-0.39, 0.29) is 0 Å². The molecule has 1 nitrogen and oxygen atoms in total. The van der Waals surface area contributed by atoms with Gasteiger partial charge < -0.3 is 5.11 Å². The van der Waals surface area contributed by atoms with Crippen molar-refractivity contribution in [1.82, 2.24) is 0 Å². The lowest BCUT2D eigenvalue weighted by Gasteiger charge is -2.17. The summed E-state index contributed by atoms with van der Waals surface area (Å²) < 4.78 is 78.2. The van der Waals surface area contributed by atoms with Gasteiger partial charge in [-0.2, -0.15) is 26.3 Å². The first-order valence-electron chi connectivity index (χ1n) is 2.28. The van der Waals surface area contributed by atoms with E-state index in [1.165, 1.54) is 0 Å². The number of halogens is 7. The molecule has 0 aliphatic heterocycles. The number of alkyl halides is 6. The molecule has 0 aliphatic carbocycles. The van der Waals surface area contributed by atoms with E-state index in [1.807, 2.05) is 0 Å².